The van der Waals surface area contributed by atoms with Crippen molar-refractivity contribution in [3.05, 3.63) is 35.4 Å². The number of piperazine rings is 1. The van der Waals surface area contributed by atoms with Crippen molar-refractivity contribution >= 4 is 18.0 Å². The predicted molar refractivity (Wildman–Crippen MR) is 117 cm³/mol. The van der Waals surface area contributed by atoms with E-state index in [0.29, 0.717) is 58.9 Å². The molecule has 0 radical (unpaired) electrons. The van der Waals surface area contributed by atoms with Crippen molar-refractivity contribution in [1.82, 2.24) is 24.9 Å². The Morgan fingerprint density at radius 2 is 1.69 bits per heavy atom. The average Bonchev–Trinajstić information content (AvgIpc) is 2.97. The molecule has 5 amide bonds. The topological polar surface area (TPSA) is 85.4 Å². The molecule has 5 rings (SSSR count). The van der Waals surface area contributed by atoms with Gasteiger partial charge < -0.3 is 19.9 Å². The van der Waals surface area contributed by atoms with E-state index in [1.807, 2.05) is 28.0 Å². The molecule has 32 heavy (non-hydrogen) atoms. The molecular formula is C23H31N5O4. The van der Waals surface area contributed by atoms with Crippen LogP contribution >= 0.6 is 0 Å². The zero-order chi connectivity index (χ0) is 22.1. The summed E-state index contributed by atoms with van der Waals surface area (Å²) >= 11 is 0. The molecular weight excluding hydrogens is 410 g/mol. The highest BCUT2D eigenvalue weighted by Gasteiger charge is 2.53. The number of morpholine rings is 1. The molecule has 0 aromatic heterocycles. The molecule has 1 unspecified atom stereocenters. The maximum atomic E-state index is 13.6. The fourth-order valence-electron chi connectivity index (χ4n) is 5.34. The Bertz CT molecular complexity index is 894. The molecule has 1 aromatic carbocycles. The number of hydrogen-bond acceptors (Lipinski definition) is 5. The molecule has 1 aliphatic carbocycles. The van der Waals surface area contributed by atoms with Gasteiger partial charge in [-0.25, -0.2) is 14.5 Å². The molecule has 1 aromatic rings. The Morgan fingerprint density at radius 1 is 0.969 bits per heavy atom. The molecule has 4 aliphatic rings. The van der Waals surface area contributed by atoms with Gasteiger partial charge in [-0.15, -0.1) is 0 Å². The molecule has 172 valence electrons. The number of rotatable bonds is 2. The van der Waals surface area contributed by atoms with Crippen molar-refractivity contribution in [2.75, 3.05) is 59.2 Å². The smallest absolute Gasteiger partial charge is 0.326 e. The number of fused-ring (bicyclic) bond motifs is 2. The van der Waals surface area contributed by atoms with Crippen molar-refractivity contribution in [2.45, 2.75) is 31.2 Å². The van der Waals surface area contributed by atoms with Gasteiger partial charge in [0.25, 0.3) is 5.91 Å². The third-order valence-corrected chi connectivity index (χ3v) is 7.17. The van der Waals surface area contributed by atoms with E-state index >= 15 is 0 Å². The number of aryl methyl sites for hydroxylation is 1. The first-order chi connectivity index (χ1) is 15.6. The van der Waals surface area contributed by atoms with Gasteiger partial charge in [0.15, 0.2) is 0 Å². The van der Waals surface area contributed by atoms with Crippen molar-refractivity contribution in [2.24, 2.45) is 0 Å². The Balaban J connectivity index is 1.24. The number of hydrogen-bond donors (Lipinski definition) is 1. The summed E-state index contributed by atoms with van der Waals surface area (Å²) in [5.74, 6) is -0.149. The molecule has 9 nitrogen and oxygen atoms in total. The number of amides is 5. The van der Waals surface area contributed by atoms with E-state index in [0.717, 1.165) is 30.4 Å². The molecule has 3 fully saturated rings. The van der Waals surface area contributed by atoms with E-state index in [-0.39, 0.29) is 24.6 Å². The van der Waals surface area contributed by atoms with Crippen LogP contribution in [0, 0.1) is 0 Å². The summed E-state index contributed by atoms with van der Waals surface area (Å²) in [6.45, 7) is 5.14. The van der Waals surface area contributed by atoms with Crippen LogP contribution in [0.15, 0.2) is 24.3 Å². The number of urea groups is 2. The van der Waals surface area contributed by atoms with Gasteiger partial charge in [0, 0.05) is 39.3 Å². The molecule has 3 saturated heterocycles. The Labute approximate surface area is 188 Å². The molecule has 1 N–H and O–H groups in total. The second-order valence-corrected chi connectivity index (χ2v) is 9.06. The predicted octanol–water partition coefficient (Wildman–Crippen LogP) is 1.19. The molecule has 0 bridgehead atoms. The normalized spacial score (nSPS) is 26.8. The summed E-state index contributed by atoms with van der Waals surface area (Å²) in [6.07, 6.45) is 3.48. The lowest BCUT2D eigenvalue weighted by atomic mass is 9.84. The van der Waals surface area contributed by atoms with E-state index in [1.54, 1.807) is 0 Å². The van der Waals surface area contributed by atoms with Crippen molar-refractivity contribution in [1.29, 1.82) is 0 Å². The summed E-state index contributed by atoms with van der Waals surface area (Å²) in [6, 6.07) is 7.72. The molecule has 0 saturated carbocycles. The van der Waals surface area contributed by atoms with E-state index in [1.165, 1.54) is 4.90 Å². The van der Waals surface area contributed by atoms with Crippen molar-refractivity contribution in [3.8, 4) is 0 Å². The first-order valence-corrected chi connectivity index (χ1v) is 11.6. The Hall–Kier alpha value is -2.65. The monoisotopic (exact) mass is 441 g/mol. The minimum absolute atomic E-state index is 0.0527. The van der Waals surface area contributed by atoms with Crippen molar-refractivity contribution in [3.63, 3.8) is 0 Å². The lowest BCUT2D eigenvalue weighted by Crippen LogP contribution is -2.56. The zero-order valence-corrected chi connectivity index (χ0v) is 18.4. The van der Waals surface area contributed by atoms with Gasteiger partial charge in [-0.3, -0.25) is 9.69 Å². The highest BCUT2D eigenvalue weighted by atomic mass is 16.5. The lowest BCUT2D eigenvalue weighted by Gasteiger charge is -2.39. The summed E-state index contributed by atoms with van der Waals surface area (Å²) in [5, 5.41) is 3.05. The number of imide groups is 1. The van der Waals surface area contributed by atoms with Gasteiger partial charge in [0.05, 0.1) is 19.9 Å². The zero-order valence-electron chi connectivity index (χ0n) is 18.4. The Morgan fingerprint density at radius 3 is 2.47 bits per heavy atom. The largest absolute Gasteiger partial charge is 0.378 e. The number of carbonyl (C=O) groups is 3. The van der Waals surface area contributed by atoms with Crippen LogP contribution in [-0.4, -0.2) is 96.7 Å². The summed E-state index contributed by atoms with van der Waals surface area (Å²) in [5.41, 5.74) is 1.15. The first kappa shape index (κ1) is 21.2. The molecule has 1 spiro atoms. The van der Waals surface area contributed by atoms with Gasteiger partial charge in [-0.2, -0.15) is 0 Å². The first-order valence-electron chi connectivity index (χ1n) is 11.6. The number of nitrogens with zero attached hydrogens (tertiary/aromatic N) is 4. The maximum absolute atomic E-state index is 13.6. The summed E-state index contributed by atoms with van der Waals surface area (Å²) in [7, 11) is 0. The minimum atomic E-state index is -0.946. The van der Waals surface area contributed by atoms with Crippen LogP contribution in [0.5, 0.6) is 0 Å². The highest BCUT2D eigenvalue weighted by Crippen LogP contribution is 2.39. The van der Waals surface area contributed by atoms with Crippen LogP contribution < -0.4 is 5.32 Å². The van der Waals surface area contributed by atoms with Gasteiger partial charge in [0.2, 0.25) is 0 Å². The maximum Gasteiger partial charge on any atom is 0.326 e. The van der Waals surface area contributed by atoms with Crippen LogP contribution in [0.2, 0.25) is 0 Å². The standard InChI is InChI=1S/C23H31N5O4/c29-20-23(8-4-3-6-18-5-1-2-7-19(18)23)24-21(30)28(20)17-25-9-11-26(12-10-25)22(31)27-13-15-32-16-14-27/h1-2,5,7H,3-4,6,8-17H2,(H,24,30). The molecule has 3 heterocycles. The van der Waals surface area contributed by atoms with E-state index in [9.17, 15) is 14.4 Å². The number of benzene rings is 1. The summed E-state index contributed by atoms with van der Waals surface area (Å²) in [4.78, 5) is 46.4. The second-order valence-electron chi connectivity index (χ2n) is 9.06. The van der Waals surface area contributed by atoms with Crippen LogP contribution in [0.4, 0.5) is 9.59 Å². The van der Waals surface area contributed by atoms with Crippen LogP contribution in [0.25, 0.3) is 0 Å². The van der Waals surface area contributed by atoms with Gasteiger partial charge >= 0.3 is 12.1 Å². The van der Waals surface area contributed by atoms with Crippen LogP contribution in [-0.2, 0) is 21.5 Å². The summed E-state index contributed by atoms with van der Waals surface area (Å²) < 4.78 is 5.33. The second kappa shape index (κ2) is 8.71. The number of carbonyl (C=O) groups excluding carboxylic acids is 3. The lowest BCUT2D eigenvalue weighted by molar-refractivity contribution is -0.133. The van der Waals surface area contributed by atoms with E-state index < -0.39 is 5.54 Å². The van der Waals surface area contributed by atoms with Crippen molar-refractivity contribution < 1.29 is 19.1 Å². The van der Waals surface area contributed by atoms with E-state index in [4.69, 9.17) is 4.74 Å². The third-order valence-electron chi connectivity index (χ3n) is 7.17. The quantitative estimate of drug-likeness (QED) is 0.697. The SMILES string of the molecule is O=C(N1CCOCC1)N1CCN(CN2C(=O)NC3(CCCCc4ccccc43)C2=O)CC1. The van der Waals surface area contributed by atoms with Gasteiger partial charge in [0.1, 0.15) is 5.54 Å². The van der Waals surface area contributed by atoms with Gasteiger partial charge in [-0.1, -0.05) is 24.3 Å². The van der Waals surface area contributed by atoms with Crippen LogP contribution in [0.1, 0.15) is 30.4 Å². The fraction of sp³-hybridized carbons (Fsp3) is 0.609. The average molecular weight is 442 g/mol. The minimum Gasteiger partial charge on any atom is -0.378 e. The van der Waals surface area contributed by atoms with Crippen LogP contribution in [0.3, 0.4) is 0 Å². The molecule has 3 aliphatic heterocycles. The number of ether oxygens (including phenoxy) is 1. The third kappa shape index (κ3) is 3.73. The fourth-order valence-corrected chi connectivity index (χ4v) is 5.34. The molecule has 1 atom stereocenters. The Kier molecular flexibility index (Phi) is 5.77. The van der Waals surface area contributed by atoms with E-state index in [2.05, 4.69) is 16.3 Å². The highest BCUT2D eigenvalue weighted by molar-refractivity contribution is 6.07. The number of nitrogens with one attached hydrogen (secondary N) is 1. The molecule has 9 heteroatoms. The van der Waals surface area contributed by atoms with Gasteiger partial charge in [-0.05, 0) is 36.8 Å².